The monoisotopic (exact) mass is 286 g/mol. The van der Waals surface area contributed by atoms with E-state index in [4.69, 9.17) is 9.47 Å². The number of anilines is 1. The lowest BCUT2D eigenvalue weighted by molar-refractivity contribution is 0.0134. The molecule has 0 radical (unpaired) electrons. The van der Waals surface area contributed by atoms with Crippen molar-refractivity contribution in [2.24, 2.45) is 0 Å². The summed E-state index contributed by atoms with van der Waals surface area (Å²) < 4.78 is 11.0. The van der Waals surface area contributed by atoms with Crippen LogP contribution in [0.15, 0.2) is 30.5 Å². The Balaban J connectivity index is 1.66. The molecule has 112 valence electrons. The van der Waals surface area contributed by atoms with Gasteiger partial charge in [0.2, 0.25) is 0 Å². The van der Waals surface area contributed by atoms with E-state index in [2.05, 4.69) is 16.4 Å². The third kappa shape index (κ3) is 3.45. The summed E-state index contributed by atoms with van der Waals surface area (Å²) in [5.74, 6) is 1.81. The van der Waals surface area contributed by atoms with Crippen molar-refractivity contribution in [1.29, 1.82) is 0 Å². The van der Waals surface area contributed by atoms with Gasteiger partial charge in [0.15, 0.2) is 0 Å². The molecule has 1 aliphatic rings. The van der Waals surface area contributed by atoms with Crippen molar-refractivity contribution in [3.63, 3.8) is 0 Å². The molecule has 1 aromatic heterocycles. The first-order chi connectivity index (χ1) is 10.4. The van der Waals surface area contributed by atoms with Gasteiger partial charge in [0, 0.05) is 24.7 Å². The van der Waals surface area contributed by atoms with Crippen LogP contribution in [0.1, 0.15) is 25.7 Å². The summed E-state index contributed by atoms with van der Waals surface area (Å²) in [7, 11) is 1.69. The van der Waals surface area contributed by atoms with Crippen LogP contribution >= 0.6 is 0 Å². The summed E-state index contributed by atoms with van der Waals surface area (Å²) in [5.41, 5.74) is 0. The van der Waals surface area contributed by atoms with Crippen molar-refractivity contribution >= 4 is 16.6 Å². The van der Waals surface area contributed by atoms with Gasteiger partial charge >= 0.3 is 0 Å². The normalized spacial score (nSPS) is 18.6. The number of hydrogen-bond acceptors (Lipinski definition) is 4. The van der Waals surface area contributed by atoms with Gasteiger partial charge in [-0.2, -0.15) is 0 Å². The zero-order valence-electron chi connectivity index (χ0n) is 12.5. The van der Waals surface area contributed by atoms with E-state index in [1.54, 1.807) is 7.11 Å². The Bertz CT molecular complexity index is 594. The highest BCUT2D eigenvalue weighted by Crippen LogP contribution is 2.25. The first kappa shape index (κ1) is 14.1. The molecular weight excluding hydrogens is 264 g/mol. The van der Waals surface area contributed by atoms with Crippen molar-refractivity contribution < 1.29 is 9.47 Å². The summed E-state index contributed by atoms with van der Waals surface area (Å²) in [5, 5.41) is 5.71. The molecule has 1 aromatic carbocycles. The van der Waals surface area contributed by atoms with Crippen LogP contribution in [0.3, 0.4) is 0 Å². The van der Waals surface area contributed by atoms with Crippen LogP contribution in [-0.4, -0.2) is 31.3 Å². The molecule has 4 heteroatoms. The van der Waals surface area contributed by atoms with Gasteiger partial charge in [-0.1, -0.05) is 0 Å². The molecular formula is C17H22N2O2. The van der Waals surface area contributed by atoms with Crippen LogP contribution < -0.4 is 10.1 Å². The maximum Gasteiger partial charge on any atom is 0.133 e. The Morgan fingerprint density at radius 1 is 1.33 bits per heavy atom. The van der Waals surface area contributed by atoms with Gasteiger partial charge in [-0.25, -0.2) is 4.98 Å². The average Bonchev–Trinajstić information content (AvgIpc) is 2.55. The Kier molecular flexibility index (Phi) is 4.55. The van der Waals surface area contributed by atoms with E-state index in [1.165, 1.54) is 19.3 Å². The van der Waals surface area contributed by atoms with E-state index < -0.39 is 0 Å². The van der Waals surface area contributed by atoms with Gasteiger partial charge in [-0.05, 0) is 55.3 Å². The molecule has 1 saturated heterocycles. The number of fused-ring (bicyclic) bond motifs is 1. The fraction of sp³-hybridized carbons (Fsp3) is 0.471. The Labute approximate surface area is 125 Å². The number of nitrogens with zero attached hydrogens (tertiary/aromatic N) is 1. The van der Waals surface area contributed by atoms with E-state index in [0.717, 1.165) is 41.9 Å². The molecule has 21 heavy (non-hydrogen) atoms. The van der Waals surface area contributed by atoms with Crippen LogP contribution in [-0.2, 0) is 4.74 Å². The minimum atomic E-state index is 0.404. The molecule has 1 fully saturated rings. The van der Waals surface area contributed by atoms with Gasteiger partial charge in [0.25, 0.3) is 0 Å². The molecule has 4 nitrogen and oxygen atoms in total. The van der Waals surface area contributed by atoms with Gasteiger partial charge in [-0.3, -0.25) is 0 Å². The number of pyridine rings is 1. The predicted molar refractivity (Wildman–Crippen MR) is 85.0 cm³/mol. The predicted octanol–water partition coefficient (Wildman–Crippen LogP) is 3.61. The van der Waals surface area contributed by atoms with E-state index in [1.807, 2.05) is 24.4 Å². The molecule has 0 spiro atoms. The van der Waals surface area contributed by atoms with Crippen LogP contribution in [0.2, 0.25) is 0 Å². The minimum absolute atomic E-state index is 0.404. The van der Waals surface area contributed by atoms with Crippen molar-refractivity contribution in [3.05, 3.63) is 30.5 Å². The zero-order chi connectivity index (χ0) is 14.5. The second-order valence-electron chi connectivity index (χ2n) is 5.45. The maximum atomic E-state index is 5.76. The molecule has 0 saturated carbocycles. The average molecular weight is 286 g/mol. The minimum Gasteiger partial charge on any atom is -0.497 e. The number of methoxy groups -OCH3 is 1. The molecule has 0 bridgehead atoms. The lowest BCUT2D eigenvalue weighted by Gasteiger charge is -2.22. The lowest BCUT2D eigenvalue weighted by Crippen LogP contribution is -2.22. The summed E-state index contributed by atoms with van der Waals surface area (Å²) in [6.45, 7) is 1.81. The number of ether oxygens (including phenoxy) is 2. The largest absolute Gasteiger partial charge is 0.497 e. The van der Waals surface area contributed by atoms with Gasteiger partial charge < -0.3 is 14.8 Å². The molecule has 1 atom stereocenters. The molecule has 1 aliphatic heterocycles. The number of aromatic nitrogens is 1. The summed E-state index contributed by atoms with van der Waals surface area (Å²) in [6.07, 6.45) is 6.95. The third-order valence-electron chi connectivity index (χ3n) is 4.00. The zero-order valence-corrected chi connectivity index (χ0v) is 12.5. The van der Waals surface area contributed by atoms with Crippen LogP contribution in [0, 0.1) is 0 Å². The Hall–Kier alpha value is -1.81. The summed E-state index contributed by atoms with van der Waals surface area (Å²) >= 11 is 0. The number of hydrogen-bond donors (Lipinski definition) is 1. The highest BCUT2D eigenvalue weighted by molar-refractivity contribution is 5.92. The van der Waals surface area contributed by atoms with E-state index in [9.17, 15) is 0 Å². The highest BCUT2D eigenvalue weighted by atomic mass is 16.5. The molecule has 0 amide bonds. The fourth-order valence-electron chi connectivity index (χ4n) is 2.81. The van der Waals surface area contributed by atoms with E-state index in [0.29, 0.717) is 6.10 Å². The fourth-order valence-corrected chi connectivity index (χ4v) is 2.81. The quantitative estimate of drug-likeness (QED) is 0.911. The van der Waals surface area contributed by atoms with Crippen LogP contribution in [0.4, 0.5) is 5.82 Å². The molecule has 2 heterocycles. The maximum absolute atomic E-state index is 5.76. The van der Waals surface area contributed by atoms with Crippen molar-refractivity contribution in [3.8, 4) is 5.75 Å². The third-order valence-corrected chi connectivity index (χ3v) is 4.00. The second kappa shape index (κ2) is 6.76. The molecule has 3 rings (SSSR count). The summed E-state index contributed by atoms with van der Waals surface area (Å²) in [6, 6.07) is 8.07. The molecule has 2 aromatic rings. The number of rotatable bonds is 5. The standard InChI is InChI=1S/C17H22N2O2/c1-20-15-5-6-16-13(12-15)7-9-18-17(16)19-10-8-14-4-2-3-11-21-14/h5-7,9,12,14H,2-4,8,10-11H2,1H3,(H,18,19). The first-order valence-electron chi connectivity index (χ1n) is 7.65. The number of benzene rings is 1. The Morgan fingerprint density at radius 2 is 2.29 bits per heavy atom. The lowest BCUT2D eigenvalue weighted by atomic mass is 10.1. The summed E-state index contributed by atoms with van der Waals surface area (Å²) in [4.78, 5) is 4.45. The highest BCUT2D eigenvalue weighted by Gasteiger charge is 2.13. The van der Waals surface area contributed by atoms with E-state index >= 15 is 0 Å². The molecule has 0 aliphatic carbocycles. The van der Waals surface area contributed by atoms with Crippen LogP contribution in [0.5, 0.6) is 5.75 Å². The van der Waals surface area contributed by atoms with E-state index in [-0.39, 0.29) is 0 Å². The van der Waals surface area contributed by atoms with Crippen LogP contribution in [0.25, 0.3) is 10.8 Å². The van der Waals surface area contributed by atoms with Gasteiger partial charge in [0.1, 0.15) is 11.6 Å². The smallest absolute Gasteiger partial charge is 0.133 e. The van der Waals surface area contributed by atoms with Crippen molar-refractivity contribution in [1.82, 2.24) is 4.98 Å². The number of nitrogens with one attached hydrogen (secondary N) is 1. The second-order valence-corrected chi connectivity index (χ2v) is 5.45. The van der Waals surface area contributed by atoms with Crippen molar-refractivity contribution in [2.45, 2.75) is 31.8 Å². The van der Waals surface area contributed by atoms with Gasteiger partial charge in [0.05, 0.1) is 13.2 Å². The topological polar surface area (TPSA) is 43.4 Å². The Morgan fingerprint density at radius 3 is 3.10 bits per heavy atom. The molecule has 1 N–H and O–H groups in total. The first-order valence-corrected chi connectivity index (χ1v) is 7.65. The molecule has 1 unspecified atom stereocenters. The van der Waals surface area contributed by atoms with Crippen molar-refractivity contribution in [2.75, 3.05) is 25.6 Å². The van der Waals surface area contributed by atoms with Gasteiger partial charge in [-0.15, -0.1) is 0 Å². The SMILES string of the molecule is COc1ccc2c(NCCC3CCCCO3)nccc2c1.